The fourth-order valence-electron chi connectivity index (χ4n) is 3.74. The zero-order chi connectivity index (χ0) is 19.7. The third-order valence-electron chi connectivity index (χ3n) is 5.06. The van der Waals surface area contributed by atoms with Crippen molar-refractivity contribution in [2.24, 2.45) is 0 Å². The van der Waals surface area contributed by atoms with Gasteiger partial charge >= 0.3 is 0 Å². The van der Waals surface area contributed by atoms with Crippen molar-refractivity contribution in [1.29, 1.82) is 0 Å². The molecule has 0 saturated heterocycles. The van der Waals surface area contributed by atoms with Gasteiger partial charge in [-0.3, -0.25) is 4.79 Å². The van der Waals surface area contributed by atoms with Crippen molar-refractivity contribution in [3.63, 3.8) is 0 Å². The Bertz CT molecular complexity index is 1120. The van der Waals surface area contributed by atoms with Crippen LogP contribution in [-0.4, -0.2) is 20.4 Å². The van der Waals surface area contributed by atoms with Crippen LogP contribution in [0.15, 0.2) is 83.8 Å². The van der Waals surface area contributed by atoms with Gasteiger partial charge in [-0.25, -0.2) is 8.42 Å². The number of amides is 1. The molecule has 0 radical (unpaired) electrons. The predicted molar refractivity (Wildman–Crippen MR) is 110 cm³/mol. The molecule has 1 atom stereocenters. The summed E-state index contributed by atoms with van der Waals surface area (Å²) in [4.78, 5) is 15.3. The lowest BCUT2D eigenvalue weighted by molar-refractivity contribution is 0.0981. The summed E-state index contributed by atoms with van der Waals surface area (Å²) >= 11 is 0. The summed E-state index contributed by atoms with van der Waals surface area (Å²) in [6, 6.07) is 23.3. The Morgan fingerprint density at radius 1 is 0.964 bits per heavy atom. The van der Waals surface area contributed by atoms with Crippen LogP contribution in [0.5, 0.6) is 0 Å². The second kappa shape index (κ2) is 7.24. The first-order chi connectivity index (χ1) is 13.5. The molecule has 3 aromatic rings. The van der Waals surface area contributed by atoms with Gasteiger partial charge in [-0.2, -0.15) is 0 Å². The van der Waals surface area contributed by atoms with Gasteiger partial charge in [-0.15, -0.1) is 0 Å². The molecule has 0 spiro atoms. The van der Waals surface area contributed by atoms with E-state index in [-0.39, 0.29) is 22.6 Å². The molecule has 0 N–H and O–H groups in total. The van der Waals surface area contributed by atoms with Gasteiger partial charge in [0.15, 0.2) is 9.84 Å². The summed E-state index contributed by atoms with van der Waals surface area (Å²) in [6.07, 6.45) is 0.823. The van der Waals surface area contributed by atoms with Crippen molar-refractivity contribution in [2.45, 2.75) is 30.0 Å². The number of fused-ring (bicyclic) bond motifs is 1. The van der Waals surface area contributed by atoms with E-state index in [1.54, 1.807) is 59.5 Å². The standard InChI is InChI=1S/C23H21NO3S/c1-17-14-19-9-5-6-13-22(19)24(17)23(25)20-10-7-8-18(15-20)16-28(26,27)21-11-3-2-4-12-21/h2-13,15,17H,14,16H2,1H3. The number of carbonyl (C=O) groups is 1. The highest BCUT2D eigenvalue weighted by atomic mass is 32.2. The Balaban J connectivity index is 1.62. The van der Waals surface area contributed by atoms with E-state index in [1.807, 2.05) is 31.2 Å². The Morgan fingerprint density at radius 2 is 1.68 bits per heavy atom. The molecule has 1 unspecified atom stereocenters. The van der Waals surface area contributed by atoms with Gasteiger partial charge in [0.2, 0.25) is 0 Å². The Hall–Kier alpha value is -2.92. The first-order valence-electron chi connectivity index (χ1n) is 9.24. The van der Waals surface area contributed by atoms with E-state index < -0.39 is 9.84 Å². The van der Waals surface area contributed by atoms with Crippen LogP contribution in [0.2, 0.25) is 0 Å². The Labute approximate surface area is 165 Å². The molecular formula is C23H21NO3S. The Morgan fingerprint density at radius 3 is 2.46 bits per heavy atom. The minimum Gasteiger partial charge on any atom is -0.305 e. The number of anilines is 1. The van der Waals surface area contributed by atoms with E-state index in [0.29, 0.717) is 11.1 Å². The Kier molecular flexibility index (Phi) is 4.77. The number of nitrogens with zero attached hydrogens (tertiary/aromatic N) is 1. The van der Waals surface area contributed by atoms with Crippen LogP contribution in [0, 0.1) is 0 Å². The summed E-state index contributed by atoms with van der Waals surface area (Å²) in [6.45, 7) is 2.03. The van der Waals surface area contributed by atoms with Gasteiger partial charge < -0.3 is 4.90 Å². The smallest absolute Gasteiger partial charge is 0.258 e. The van der Waals surface area contributed by atoms with Crippen molar-refractivity contribution < 1.29 is 13.2 Å². The normalized spacial score (nSPS) is 16.0. The summed E-state index contributed by atoms with van der Waals surface area (Å²) in [5.74, 6) is -0.235. The van der Waals surface area contributed by atoms with E-state index >= 15 is 0 Å². The molecule has 4 rings (SSSR count). The number of hydrogen-bond donors (Lipinski definition) is 0. The third-order valence-corrected chi connectivity index (χ3v) is 6.76. The molecule has 142 valence electrons. The molecule has 0 aliphatic carbocycles. The maximum Gasteiger partial charge on any atom is 0.258 e. The molecule has 0 bridgehead atoms. The zero-order valence-electron chi connectivity index (χ0n) is 15.6. The summed E-state index contributed by atoms with van der Waals surface area (Å²) in [5, 5.41) is 0. The van der Waals surface area contributed by atoms with Crippen molar-refractivity contribution >= 4 is 21.4 Å². The van der Waals surface area contributed by atoms with E-state index in [9.17, 15) is 13.2 Å². The molecule has 28 heavy (non-hydrogen) atoms. The molecule has 5 heteroatoms. The fraction of sp³-hybridized carbons (Fsp3) is 0.174. The van der Waals surface area contributed by atoms with Crippen molar-refractivity contribution in [1.82, 2.24) is 0 Å². The minimum atomic E-state index is -3.46. The first kappa shape index (κ1) is 18.4. The van der Waals surface area contributed by atoms with Crippen molar-refractivity contribution in [3.05, 3.63) is 95.6 Å². The first-order valence-corrected chi connectivity index (χ1v) is 10.9. The number of sulfone groups is 1. The maximum absolute atomic E-state index is 13.2. The monoisotopic (exact) mass is 391 g/mol. The minimum absolute atomic E-state index is 0.0709. The molecule has 3 aromatic carbocycles. The SMILES string of the molecule is CC1Cc2ccccc2N1C(=O)c1cccc(CS(=O)(=O)c2ccccc2)c1. The average Bonchev–Trinajstić information content (AvgIpc) is 3.03. The van der Waals surface area contributed by atoms with Gasteiger partial charge in [-0.1, -0.05) is 48.5 Å². The highest BCUT2D eigenvalue weighted by Gasteiger charge is 2.31. The molecule has 1 aliphatic rings. The molecule has 1 aliphatic heterocycles. The lowest BCUT2D eigenvalue weighted by Crippen LogP contribution is -2.35. The average molecular weight is 391 g/mol. The van der Waals surface area contributed by atoms with Gasteiger partial charge in [-0.05, 0) is 54.8 Å². The van der Waals surface area contributed by atoms with Gasteiger partial charge in [0.1, 0.15) is 0 Å². The largest absolute Gasteiger partial charge is 0.305 e. The molecule has 1 heterocycles. The number of rotatable bonds is 4. The topological polar surface area (TPSA) is 54.5 Å². The van der Waals surface area contributed by atoms with E-state index in [2.05, 4.69) is 0 Å². The number of benzene rings is 3. The van der Waals surface area contributed by atoms with Crippen LogP contribution >= 0.6 is 0 Å². The van der Waals surface area contributed by atoms with E-state index in [1.165, 1.54) is 0 Å². The highest BCUT2D eigenvalue weighted by molar-refractivity contribution is 7.90. The predicted octanol–water partition coefficient (Wildman–Crippen LogP) is 4.25. The number of hydrogen-bond acceptors (Lipinski definition) is 3. The van der Waals surface area contributed by atoms with Crippen molar-refractivity contribution in [3.8, 4) is 0 Å². The third kappa shape index (κ3) is 3.45. The van der Waals surface area contributed by atoms with Gasteiger partial charge in [0, 0.05) is 17.3 Å². The molecule has 0 fully saturated rings. The number of carbonyl (C=O) groups excluding carboxylic acids is 1. The van der Waals surface area contributed by atoms with Crippen LogP contribution in [0.1, 0.15) is 28.4 Å². The highest BCUT2D eigenvalue weighted by Crippen LogP contribution is 2.33. The van der Waals surface area contributed by atoms with Crippen LogP contribution in [0.3, 0.4) is 0 Å². The quantitative estimate of drug-likeness (QED) is 0.668. The van der Waals surface area contributed by atoms with Crippen LogP contribution in [0.4, 0.5) is 5.69 Å². The van der Waals surface area contributed by atoms with Crippen LogP contribution in [-0.2, 0) is 22.0 Å². The second-order valence-electron chi connectivity index (χ2n) is 7.13. The molecule has 4 nitrogen and oxygen atoms in total. The molecule has 0 saturated carbocycles. The van der Waals surface area contributed by atoms with E-state index in [4.69, 9.17) is 0 Å². The molecule has 1 amide bonds. The summed E-state index contributed by atoms with van der Waals surface area (Å²) in [5.41, 5.74) is 3.20. The molecular weight excluding hydrogens is 370 g/mol. The second-order valence-corrected chi connectivity index (χ2v) is 9.12. The van der Waals surface area contributed by atoms with Crippen molar-refractivity contribution in [2.75, 3.05) is 4.90 Å². The van der Waals surface area contributed by atoms with E-state index in [0.717, 1.165) is 17.7 Å². The maximum atomic E-state index is 13.2. The van der Waals surface area contributed by atoms with Gasteiger partial charge in [0.25, 0.3) is 5.91 Å². The van der Waals surface area contributed by atoms with Gasteiger partial charge in [0.05, 0.1) is 10.6 Å². The number of para-hydroxylation sites is 1. The molecule has 0 aromatic heterocycles. The zero-order valence-corrected chi connectivity index (χ0v) is 16.4. The summed E-state index contributed by atoms with van der Waals surface area (Å²) < 4.78 is 25.3. The van der Waals surface area contributed by atoms with Crippen LogP contribution < -0.4 is 4.90 Å². The lowest BCUT2D eigenvalue weighted by Gasteiger charge is -2.23. The lowest BCUT2D eigenvalue weighted by atomic mass is 10.1. The fourth-order valence-corrected chi connectivity index (χ4v) is 5.10. The summed E-state index contributed by atoms with van der Waals surface area (Å²) in [7, 11) is -3.46. The van der Waals surface area contributed by atoms with Crippen LogP contribution in [0.25, 0.3) is 0 Å².